The molecule has 116 valence electrons. The molecule has 2 heterocycles. The van der Waals surface area contributed by atoms with Crippen LogP contribution in [-0.4, -0.2) is 18.2 Å². The molecule has 3 N–H and O–H groups in total. The number of nitrogens with two attached hydrogens (primary N) is 1. The van der Waals surface area contributed by atoms with Crippen LogP contribution < -0.4 is 10.5 Å². The smallest absolute Gasteiger partial charge is 0.246 e. The normalized spacial score (nSPS) is 13.5. The third-order valence-corrected chi connectivity index (χ3v) is 5.82. The fourth-order valence-electron chi connectivity index (χ4n) is 1.88. The van der Waals surface area contributed by atoms with E-state index >= 15 is 0 Å². The number of nitrogens with zero attached hydrogens (tertiary/aromatic N) is 2. The summed E-state index contributed by atoms with van der Waals surface area (Å²) < 4.78 is 29.5. The number of aromatic nitrogens is 2. The predicted molar refractivity (Wildman–Crippen MR) is 85.0 cm³/mol. The largest absolute Gasteiger partial charge is 0.381 e. The molecule has 0 aliphatic carbocycles. The molecule has 0 bridgehead atoms. The van der Waals surface area contributed by atoms with Gasteiger partial charge in [-0.15, -0.1) is 11.3 Å². The summed E-state index contributed by atoms with van der Waals surface area (Å²) in [5.41, 5.74) is 5.71. The van der Waals surface area contributed by atoms with Gasteiger partial charge in [-0.2, -0.15) is 5.10 Å². The maximum Gasteiger partial charge on any atom is 0.246 e. The lowest BCUT2D eigenvalue weighted by Gasteiger charge is -2.11. The quantitative estimate of drug-likeness (QED) is 0.839. The monoisotopic (exact) mass is 348 g/mol. The third kappa shape index (κ3) is 3.76. The Labute approximate surface area is 133 Å². The number of sulfonamides is 1. The lowest BCUT2D eigenvalue weighted by atomic mass is 10.3. The summed E-state index contributed by atoms with van der Waals surface area (Å²) in [5, 5.41) is 4.01. The average Bonchev–Trinajstić information content (AvgIpc) is 2.96. The highest BCUT2D eigenvalue weighted by molar-refractivity contribution is 7.89. The second kappa shape index (κ2) is 6.35. The number of aryl methyl sites for hydroxylation is 1. The molecule has 0 spiro atoms. The Balaban J connectivity index is 2.22. The zero-order valence-electron chi connectivity index (χ0n) is 11.7. The molecule has 0 saturated carbocycles. The van der Waals surface area contributed by atoms with Gasteiger partial charge in [-0.25, -0.2) is 13.1 Å². The van der Waals surface area contributed by atoms with Gasteiger partial charge in [-0.3, -0.25) is 4.68 Å². The van der Waals surface area contributed by atoms with E-state index in [9.17, 15) is 8.42 Å². The van der Waals surface area contributed by atoms with Crippen molar-refractivity contribution in [3.8, 4) is 0 Å². The van der Waals surface area contributed by atoms with Crippen molar-refractivity contribution in [1.29, 1.82) is 0 Å². The topological polar surface area (TPSA) is 90.0 Å². The van der Waals surface area contributed by atoms with Crippen LogP contribution in [0.5, 0.6) is 0 Å². The zero-order valence-corrected chi connectivity index (χ0v) is 14.1. The highest BCUT2D eigenvalue weighted by Crippen LogP contribution is 2.28. The molecule has 2 rings (SSSR count). The minimum atomic E-state index is -3.72. The Morgan fingerprint density at radius 3 is 2.81 bits per heavy atom. The van der Waals surface area contributed by atoms with E-state index in [1.165, 1.54) is 22.2 Å². The summed E-state index contributed by atoms with van der Waals surface area (Å²) in [5.74, 6) is 0.00682. The van der Waals surface area contributed by atoms with E-state index in [1.54, 1.807) is 19.1 Å². The predicted octanol–water partition coefficient (Wildman–Crippen LogP) is 2.63. The highest BCUT2D eigenvalue weighted by atomic mass is 35.5. The van der Waals surface area contributed by atoms with Gasteiger partial charge < -0.3 is 5.73 Å². The van der Waals surface area contributed by atoms with Crippen molar-refractivity contribution in [3.63, 3.8) is 0 Å². The molecule has 0 amide bonds. The summed E-state index contributed by atoms with van der Waals surface area (Å²) in [7, 11) is -3.72. The van der Waals surface area contributed by atoms with Crippen molar-refractivity contribution in [3.05, 3.63) is 27.5 Å². The van der Waals surface area contributed by atoms with E-state index in [0.29, 0.717) is 10.9 Å². The summed E-state index contributed by atoms with van der Waals surface area (Å²) in [6.07, 6.45) is 2.30. The molecule has 0 saturated heterocycles. The van der Waals surface area contributed by atoms with Crippen LogP contribution in [0.1, 0.15) is 31.2 Å². The molecule has 2 aromatic heterocycles. The van der Waals surface area contributed by atoms with Gasteiger partial charge in [0.05, 0.1) is 10.4 Å². The molecule has 0 aliphatic rings. The number of rotatable bonds is 6. The first-order valence-electron chi connectivity index (χ1n) is 6.44. The van der Waals surface area contributed by atoms with Crippen LogP contribution in [-0.2, 0) is 16.6 Å². The van der Waals surface area contributed by atoms with Gasteiger partial charge in [-0.05, 0) is 25.5 Å². The second-order valence-electron chi connectivity index (χ2n) is 4.63. The number of nitrogen functional groups attached to an aromatic ring is 1. The van der Waals surface area contributed by atoms with Crippen LogP contribution >= 0.6 is 22.9 Å². The van der Waals surface area contributed by atoms with Gasteiger partial charge >= 0.3 is 0 Å². The first-order chi connectivity index (χ1) is 9.83. The Kier molecular flexibility index (Phi) is 4.92. The van der Waals surface area contributed by atoms with E-state index in [2.05, 4.69) is 9.82 Å². The molecule has 1 unspecified atom stereocenters. The van der Waals surface area contributed by atoms with Gasteiger partial charge in [0.15, 0.2) is 5.82 Å². The molecule has 0 aliphatic heterocycles. The van der Waals surface area contributed by atoms with E-state index in [1.807, 2.05) is 6.92 Å². The standard InChI is InChI=1S/C12H17ClN4O2S2/c1-3-6-17-7-10(12(14)15-17)21(18,19)16-8(2)9-4-5-11(13)20-9/h4-5,7-8,16H,3,6H2,1-2H3,(H2,14,15). The van der Waals surface area contributed by atoms with Crippen molar-refractivity contribution in [2.45, 2.75) is 37.8 Å². The molecule has 6 nitrogen and oxygen atoms in total. The zero-order chi connectivity index (χ0) is 15.6. The number of nitrogens with one attached hydrogen (secondary N) is 1. The van der Waals surface area contributed by atoms with Crippen molar-refractivity contribution in [2.75, 3.05) is 5.73 Å². The van der Waals surface area contributed by atoms with Crippen molar-refractivity contribution in [1.82, 2.24) is 14.5 Å². The van der Waals surface area contributed by atoms with Crippen LogP contribution in [0, 0.1) is 0 Å². The molecule has 2 aromatic rings. The third-order valence-electron chi connectivity index (χ3n) is 2.85. The molecule has 0 fully saturated rings. The maximum absolute atomic E-state index is 12.4. The molecular weight excluding hydrogens is 332 g/mol. The number of halogens is 1. The molecule has 21 heavy (non-hydrogen) atoms. The maximum atomic E-state index is 12.4. The van der Waals surface area contributed by atoms with Crippen molar-refractivity contribution >= 4 is 38.8 Å². The second-order valence-corrected chi connectivity index (χ2v) is 8.06. The van der Waals surface area contributed by atoms with Gasteiger partial charge in [-0.1, -0.05) is 18.5 Å². The van der Waals surface area contributed by atoms with E-state index in [-0.39, 0.29) is 16.8 Å². The number of anilines is 1. The molecule has 1 atom stereocenters. The first-order valence-corrected chi connectivity index (χ1v) is 9.11. The minimum Gasteiger partial charge on any atom is -0.381 e. The molecule has 9 heteroatoms. The molecule has 0 aromatic carbocycles. The van der Waals surface area contributed by atoms with Crippen LogP contribution in [0.3, 0.4) is 0 Å². The van der Waals surface area contributed by atoms with Gasteiger partial charge in [0.2, 0.25) is 10.0 Å². The highest BCUT2D eigenvalue weighted by Gasteiger charge is 2.24. The van der Waals surface area contributed by atoms with Gasteiger partial charge in [0.1, 0.15) is 4.90 Å². The van der Waals surface area contributed by atoms with Crippen LogP contribution in [0.25, 0.3) is 0 Å². The molecule has 0 radical (unpaired) electrons. The fourth-order valence-corrected chi connectivity index (χ4v) is 4.32. The van der Waals surface area contributed by atoms with E-state index in [0.717, 1.165) is 11.3 Å². The minimum absolute atomic E-state index is 0.00505. The van der Waals surface area contributed by atoms with Crippen LogP contribution in [0.15, 0.2) is 23.2 Å². The van der Waals surface area contributed by atoms with Gasteiger partial charge in [0.25, 0.3) is 0 Å². The summed E-state index contributed by atoms with van der Waals surface area (Å²) in [4.78, 5) is 0.841. The van der Waals surface area contributed by atoms with Crippen LogP contribution in [0.2, 0.25) is 4.34 Å². The number of thiophene rings is 1. The van der Waals surface area contributed by atoms with E-state index in [4.69, 9.17) is 17.3 Å². The lowest BCUT2D eigenvalue weighted by Crippen LogP contribution is -2.26. The summed E-state index contributed by atoms with van der Waals surface area (Å²) >= 11 is 7.20. The Bertz CT molecular complexity index is 723. The van der Waals surface area contributed by atoms with Crippen molar-refractivity contribution in [2.24, 2.45) is 0 Å². The Hall–Kier alpha value is -1.09. The van der Waals surface area contributed by atoms with Crippen molar-refractivity contribution < 1.29 is 8.42 Å². The van der Waals surface area contributed by atoms with E-state index < -0.39 is 10.0 Å². The molecular formula is C12H17ClN4O2S2. The Morgan fingerprint density at radius 1 is 1.52 bits per heavy atom. The van der Waals surface area contributed by atoms with Gasteiger partial charge in [0, 0.05) is 17.6 Å². The summed E-state index contributed by atoms with van der Waals surface area (Å²) in [6, 6.07) is 3.14. The Morgan fingerprint density at radius 2 is 2.24 bits per heavy atom. The SMILES string of the molecule is CCCn1cc(S(=O)(=O)NC(C)c2ccc(Cl)s2)c(N)n1. The average molecular weight is 349 g/mol. The van der Waals surface area contributed by atoms with Crippen LogP contribution in [0.4, 0.5) is 5.82 Å². The number of hydrogen-bond donors (Lipinski definition) is 2. The first kappa shape index (κ1) is 16.3. The lowest BCUT2D eigenvalue weighted by molar-refractivity contribution is 0.567. The number of hydrogen-bond acceptors (Lipinski definition) is 5. The fraction of sp³-hybridized carbons (Fsp3) is 0.417. The summed E-state index contributed by atoms with van der Waals surface area (Å²) in [6.45, 7) is 4.36.